The molecule has 32 heavy (non-hydrogen) atoms. The minimum atomic E-state index is -1.16. The Morgan fingerprint density at radius 1 is 1.00 bits per heavy atom. The average Bonchev–Trinajstić information content (AvgIpc) is 3.22. The van der Waals surface area contributed by atoms with Crippen molar-refractivity contribution in [3.8, 4) is 0 Å². The number of nitrogens with zero attached hydrogens (tertiary/aromatic N) is 1. The van der Waals surface area contributed by atoms with Crippen molar-refractivity contribution >= 4 is 46.0 Å². The average molecular weight is 458 g/mol. The first-order valence-electron chi connectivity index (χ1n) is 9.98. The van der Waals surface area contributed by atoms with Crippen molar-refractivity contribution in [2.75, 3.05) is 18.5 Å². The molecule has 0 bridgehead atoms. The predicted octanol–water partition coefficient (Wildman–Crippen LogP) is 3.03. The van der Waals surface area contributed by atoms with Crippen molar-refractivity contribution < 1.29 is 33.4 Å². The van der Waals surface area contributed by atoms with Crippen LogP contribution in [0.15, 0.2) is 24.3 Å². The number of carbonyl (C=O) groups is 5. The summed E-state index contributed by atoms with van der Waals surface area (Å²) in [5, 5.41) is 2.66. The van der Waals surface area contributed by atoms with Gasteiger partial charge in [0, 0.05) is 0 Å². The van der Waals surface area contributed by atoms with E-state index in [4.69, 9.17) is 9.47 Å². The van der Waals surface area contributed by atoms with Gasteiger partial charge in [0.15, 0.2) is 0 Å². The van der Waals surface area contributed by atoms with Gasteiger partial charge in [-0.3, -0.25) is 19.3 Å². The number of hydrogen-bond acceptors (Lipinski definition) is 8. The molecule has 0 unspecified atom stereocenters. The van der Waals surface area contributed by atoms with Crippen molar-refractivity contribution in [3.05, 3.63) is 51.4 Å². The second-order valence-electron chi connectivity index (χ2n) is 6.89. The van der Waals surface area contributed by atoms with Gasteiger partial charge in [0.2, 0.25) is 5.91 Å². The summed E-state index contributed by atoms with van der Waals surface area (Å²) in [6.07, 6.45) is 0. The standard InChI is InChI=1S/C22H22N2O7S/c1-5-30-21(28)15-11(3)16(22(29)31-6-2)32-18(15)23-17(25)12(4)24-19(26)13-9-7-8-10-14(13)20(24)27/h7-10,12H,5-6H2,1-4H3,(H,23,25)/t12-/m1/s1. The lowest BCUT2D eigenvalue weighted by Crippen LogP contribution is -2.45. The molecule has 9 nitrogen and oxygen atoms in total. The van der Waals surface area contributed by atoms with Crippen molar-refractivity contribution in [1.82, 2.24) is 4.90 Å². The largest absolute Gasteiger partial charge is 0.462 e. The quantitative estimate of drug-likeness (QED) is 0.500. The lowest BCUT2D eigenvalue weighted by atomic mass is 10.1. The molecular formula is C22H22N2O7S. The summed E-state index contributed by atoms with van der Waals surface area (Å²) in [7, 11) is 0. The number of anilines is 1. The van der Waals surface area contributed by atoms with Crippen molar-refractivity contribution in [1.29, 1.82) is 0 Å². The molecule has 0 saturated carbocycles. The Labute approximate surface area is 188 Å². The smallest absolute Gasteiger partial charge is 0.348 e. The summed E-state index contributed by atoms with van der Waals surface area (Å²) in [4.78, 5) is 64.1. The number of carbonyl (C=O) groups excluding carboxylic acids is 5. The van der Waals surface area contributed by atoms with E-state index in [9.17, 15) is 24.0 Å². The van der Waals surface area contributed by atoms with E-state index < -0.39 is 35.7 Å². The molecule has 0 radical (unpaired) electrons. The van der Waals surface area contributed by atoms with E-state index in [1.165, 1.54) is 19.1 Å². The number of benzene rings is 1. The van der Waals surface area contributed by atoms with Crippen LogP contribution in [-0.4, -0.2) is 53.8 Å². The summed E-state index contributed by atoms with van der Waals surface area (Å²) in [6, 6.07) is 5.15. The van der Waals surface area contributed by atoms with Gasteiger partial charge in [0.05, 0.1) is 29.9 Å². The molecule has 0 aliphatic carbocycles. The normalized spacial score (nSPS) is 13.6. The lowest BCUT2D eigenvalue weighted by molar-refractivity contribution is -0.119. The summed E-state index contributed by atoms with van der Waals surface area (Å²) < 4.78 is 10.1. The van der Waals surface area contributed by atoms with Crippen LogP contribution < -0.4 is 5.32 Å². The van der Waals surface area contributed by atoms with Gasteiger partial charge in [-0.1, -0.05) is 12.1 Å². The zero-order valence-corrected chi connectivity index (χ0v) is 18.8. The molecule has 1 N–H and O–H groups in total. The minimum absolute atomic E-state index is 0.0304. The van der Waals surface area contributed by atoms with E-state index in [0.29, 0.717) is 5.56 Å². The van der Waals surface area contributed by atoms with Crippen molar-refractivity contribution in [2.24, 2.45) is 0 Å². The number of fused-ring (bicyclic) bond motifs is 1. The van der Waals surface area contributed by atoms with Crippen LogP contribution in [0.5, 0.6) is 0 Å². The molecule has 1 aromatic carbocycles. The van der Waals surface area contributed by atoms with Gasteiger partial charge in [0.1, 0.15) is 15.9 Å². The molecule has 3 amide bonds. The van der Waals surface area contributed by atoms with Gasteiger partial charge in [-0.25, -0.2) is 9.59 Å². The second kappa shape index (κ2) is 9.31. The van der Waals surface area contributed by atoms with Gasteiger partial charge in [-0.05, 0) is 45.4 Å². The third-order valence-corrected chi connectivity index (χ3v) is 6.10. The zero-order valence-electron chi connectivity index (χ0n) is 18.0. The van der Waals surface area contributed by atoms with Crippen LogP contribution in [0.2, 0.25) is 0 Å². The Morgan fingerprint density at radius 2 is 1.53 bits per heavy atom. The molecule has 0 fully saturated rings. The number of amides is 3. The first kappa shape index (κ1) is 23.1. The molecular weight excluding hydrogens is 436 g/mol. The molecule has 2 aromatic rings. The molecule has 10 heteroatoms. The first-order valence-corrected chi connectivity index (χ1v) is 10.8. The minimum Gasteiger partial charge on any atom is -0.462 e. The Balaban J connectivity index is 1.91. The molecule has 3 rings (SSSR count). The molecule has 0 spiro atoms. The lowest BCUT2D eigenvalue weighted by Gasteiger charge is -2.21. The Bertz CT molecular complexity index is 1090. The van der Waals surface area contributed by atoms with Crippen LogP contribution in [0.4, 0.5) is 5.00 Å². The number of nitrogens with one attached hydrogen (secondary N) is 1. The van der Waals surface area contributed by atoms with Gasteiger partial charge in [-0.15, -0.1) is 11.3 Å². The Kier molecular flexibility index (Phi) is 6.73. The maximum Gasteiger partial charge on any atom is 0.348 e. The van der Waals surface area contributed by atoms with Gasteiger partial charge < -0.3 is 14.8 Å². The summed E-state index contributed by atoms with van der Waals surface area (Å²) >= 11 is 0.870. The highest BCUT2D eigenvalue weighted by molar-refractivity contribution is 7.18. The SMILES string of the molecule is CCOC(=O)c1sc(NC(=O)[C@@H](C)N2C(=O)c3ccccc3C2=O)c(C(=O)OCC)c1C. The number of rotatable bonds is 7. The van der Waals surface area contributed by atoms with Crippen molar-refractivity contribution in [3.63, 3.8) is 0 Å². The fraction of sp³-hybridized carbons (Fsp3) is 0.318. The molecule has 1 atom stereocenters. The van der Waals surface area contributed by atoms with Crippen LogP contribution in [0.25, 0.3) is 0 Å². The molecule has 1 aliphatic heterocycles. The van der Waals surface area contributed by atoms with Crippen LogP contribution in [0.3, 0.4) is 0 Å². The number of thiophene rings is 1. The maximum atomic E-state index is 13.0. The van der Waals surface area contributed by atoms with Crippen LogP contribution in [0, 0.1) is 6.92 Å². The van der Waals surface area contributed by atoms with E-state index >= 15 is 0 Å². The Hall–Kier alpha value is -3.53. The Morgan fingerprint density at radius 3 is 2.06 bits per heavy atom. The van der Waals surface area contributed by atoms with E-state index in [1.54, 1.807) is 32.9 Å². The van der Waals surface area contributed by atoms with E-state index in [0.717, 1.165) is 16.2 Å². The molecule has 1 aliphatic rings. The highest BCUT2D eigenvalue weighted by Crippen LogP contribution is 2.35. The summed E-state index contributed by atoms with van der Waals surface area (Å²) in [6.45, 7) is 6.49. The number of ether oxygens (including phenoxy) is 2. The van der Waals surface area contributed by atoms with E-state index in [2.05, 4.69) is 5.32 Å². The number of hydrogen-bond donors (Lipinski definition) is 1. The zero-order chi connectivity index (χ0) is 23.6. The van der Waals surface area contributed by atoms with Gasteiger partial charge >= 0.3 is 11.9 Å². The van der Waals surface area contributed by atoms with Gasteiger partial charge in [0.25, 0.3) is 11.8 Å². The second-order valence-corrected chi connectivity index (χ2v) is 7.91. The molecule has 1 aromatic heterocycles. The fourth-order valence-electron chi connectivity index (χ4n) is 3.34. The monoisotopic (exact) mass is 458 g/mol. The third kappa shape index (κ3) is 4.01. The highest BCUT2D eigenvalue weighted by atomic mass is 32.1. The van der Waals surface area contributed by atoms with Crippen LogP contribution in [-0.2, 0) is 14.3 Å². The highest BCUT2D eigenvalue weighted by Gasteiger charge is 2.41. The topological polar surface area (TPSA) is 119 Å². The van der Waals surface area contributed by atoms with Gasteiger partial charge in [-0.2, -0.15) is 0 Å². The molecule has 2 heterocycles. The van der Waals surface area contributed by atoms with E-state index in [1.807, 2.05) is 0 Å². The molecule has 0 saturated heterocycles. The third-order valence-electron chi connectivity index (χ3n) is 4.92. The van der Waals surface area contributed by atoms with E-state index in [-0.39, 0.29) is 39.8 Å². The number of esters is 2. The summed E-state index contributed by atoms with van der Waals surface area (Å²) in [5.41, 5.74) is 0.792. The number of imide groups is 1. The van der Waals surface area contributed by atoms with Crippen LogP contribution >= 0.6 is 11.3 Å². The van der Waals surface area contributed by atoms with Crippen molar-refractivity contribution in [2.45, 2.75) is 33.7 Å². The fourth-order valence-corrected chi connectivity index (χ4v) is 4.43. The maximum absolute atomic E-state index is 13.0. The first-order chi connectivity index (χ1) is 15.2. The predicted molar refractivity (Wildman–Crippen MR) is 116 cm³/mol. The summed E-state index contributed by atoms with van der Waals surface area (Å²) in [5.74, 6) is -3.18. The van der Waals surface area contributed by atoms with Crippen LogP contribution in [0.1, 0.15) is 67.1 Å². The molecule has 168 valence electrons.